The minimum atomic E-state index is -1.09. The molecule has 0 bridgehead atoms. The topological polar surface area (TPSA) is 44.9 Å². The summed E-state index contributed by atoms with van der Waals surface area (Å²) >= 11 is 0. The van der Waals surface area contributed by atoms with Gasteiger partial charge < -0.3 is 14.6 Å². The normalized spacial score (nSPS) is 22.1. The lowest BCUT2D eigenvalue weighted by molar-refractivity contribution is -0.658. The molecule has 0 fully saturated rings. The third-order valence-corrected chi connectivity index (χ3v) is 5.89. The summed E-state index contributed by atoms with van der Waals surface area (Å²) in [6.45, 7) is 3.46. The Morgan fingerprint density at radius 3 is 2.57 bits per heavy atom. The van der Waals surface area contributed by atoms with Gasteiger partial charge in [-0.1, -0.05) is 12.1 Å². The molecule has 4 rings (SSSR count). The van der Waals surface area contributed by atoms with Crippen molar-refractivity contribution in [3.63, 3.8) is 0 Å². The first-order valence-electron chi connectivity index (χ1n) is 9.99. The first kappa shape index (κ1) is 18.8. The van der Waals surface area contributed by atoms with Crippen molar-refractivity contribution in [3.8, 4) is 11.5 Å². The Labute approximate surface area is 166 Å². The molecule has 0 aromatic heterocycles. The number of hydrogen-bond acceptors (Lipinski definition) is 4. The van der Waals surface area contributed by atoms with Crippen molar-refractivity contribution in [3.05, 3.63) is 53.6 Å². The number of methoxy groups -OCH3 is 2. The fourth-order valence-corrected chi connectivity index (χ4v) is 4.44. The molecule has 1 atom stereocenters. The van der Waals surface area contributed by atoms with E-state index < -0.39 is 5.72 Å². The molecule has 148 valence electrons. The maximum absolute atomic E-state index is 11.9. The molecule has 28 heavy (non-hydrogen) atoms. The number of aliphatic hydroxyl groups is 1. The smallest absolute Gasteiger partial charge is 0.271 e. The molecule has 2 aromatic carbocycles. The van der Waals surface area contributed by atoms with E-state index in [2.05, 4.69) is 40.7 Å². The van der Waals surface area contributed by atoms with E-state index in [-0.39, 0.29) is 0 Å². The van der Waals surface area contributed by atoms with E-state index >= 15 is 0 Å². The molecule has 0 spiro atoms. The third kappa shape index (κ3) is 3.14. The van der Waals surface area contributed by atoms with Gasteiger partial charge in [-0.2, -0.15) is 0 Å². The van der Waals surface area contributed by atoms with Gasteiger partial charge in [0.05, 0.1) is 20.8 Å². The zero-order valence-electron chi connectivity index (χ0n) is 16.9. The molecule has 0 aliphatic carbocycles. The molecule has 0 amide bonds. The summed E-state index contributed by atoms with van der Waals surface area (Å²) in [5.41, 5.74) is 2.10. The predicted octanol–water partition coefficient (Wildman–Crippen LogP) is 3.66. The van der Waals surface area contributed by atoms with Crippen molar-refractivity contribution in [2.75, 3.05) is 32.2 Å². The highest BCUT2D eigenvalue weighted by Crippen LogP contribution is 2.38. The summed E-state index contributed by atoms with van der Waals surface area (Å²) in [6.07, 6.45) is 4.39. The second-order valence-electron chi connectivity index (χ2n) is 7.69. The lowest BCUT2D eigenvalue weighted by atomic mass is 10.0. The first-order chi connectivity index (χ1) is 13.6. The van der Waals surface area contributed by atoms with Gasteiger partial charge in [0.2, 0.25) is 0 Å². The van der Waals surface area contributed by atoms with Gasteiger partial charge in [0.25, 0.3) is 11.6 Å². The Morgan fingerprint density at radius 1 is 1.00 bits per heavy atom. The molecule has 2 aliphatic rings. The number of nitrogens with zero attached hydrogens (tertiary/aromatic N) is 2. The van der Waals surface area contributed by atoms with Crippen molar-refractivity contribution in [2.45, 2.75) is 38.3 Å². The van der Waals surface area contributed by atoms with Crippen molar-refractivity contribution in [2.24, 2.45) is 0 Å². The van der Waals surface area contributed by atoms with Crippen molar-refractivity contribution >= 4 is 11.5 Å². The van der Waals surface area contributed by atoms with Crippen LogP contribution in [0.5, 0.6) is 11.5 Å². The van der Waals surface area contributed by atoms with Crippen molar-refractivity contribution in [1.29, 1.82) is 0 Å². The van der Waals surface area contributed by atoms with Crippen LogP contribution in [0.4, 0.5) is 5.69 Å². The molecule has 0 saturated heterocycles. The zero-order valence-corrected chi connectivity index (χ0v) is 16.9. The summed E-state index contributed by atoms with van der Waals surface area (Å²) in [7, 11) is 3.25. The molecule has 1 unspecified atom stereocenters. The molecule has 5 heteroatoms. The predicted molar refractivity (Wildman–Crippen MR) is 111 cm³/mol. The van der Waals surface area contributed by atoms with Gasteiger partial charge in [-0.05, 0) is 62.1 Å². The van der Waals surface area contributed by atoms with Gasteiger partial charge in [-0.15, -0.1) is 0 Å². The van der Waals surface area contributed by atoms with Crippen LogP contribution >= 0.6 is 0 Å². The van der Waals surface area contributed by atoms with E-state index in [1.165, 1.54) is 17.8 Å². The first-order valence-corrected chi connectivity index (χ1v) is 9.99. The summed E-state index contributed by atoms with van der Waals surface area (Å²) < 4.78 is 13.1. The monoisotopic (exact) mass is 381 g/mol. The minimum absolute atomic E-state index is 0.501. The fourth-order valence-electron chi connectivity index (χ4n) is 4.44. The maximum Gasteiger partial charge on any atom is 0.271 e. The van der Waals surface area contributed by atoms with Crippen LogP contribution in [-0.2, 0) is 5.72 Å². The van der Waals surface area contributed by atoms with E-state index in [4.69, 9.17) is 9.47 Å². The molecule has 0 saturated carbocycles. The number of rotatable bonds is 4. The number of aryl methyl sites for hydroxylation is 1. The number of hydrogen-bond donors (Lipinski definition) is 1. The summed E-state index contributed by atoms with van der Waals surface area (Å²) in [5.74, 6) is 2.52. The van der Waals surface area contributed by atoms with Crippen LogP contribution in [0.3, 0.4) is 0 Å². The van der Waals surface area contributed by atoms with Crippen LogP contribution < -0.4 is 14.4 Å². The van der Waals surface area contributed by atoms with Crippen LogP contribution in [-0.4, -0.2) is 42.8 Å². The molecular weight excluding hydrogens is 352 g/mol. The largest absolute Gasteiger partial charge is 0.493 e. The highest BCUT2D eigenvalue weighted by Gasteiger charge is 2.52. The average Bonchev–Trinajstić information content (AvgIpc) is 2.86. The number of benzene rings is 2. The second kappa shape index (κ2) is 7.47. The van der Waals surface area contributed by atoms with Gasteiger partial charge in [0, 0.05) is 12.0 Å². The number of anilines is 1. The quantitative estimate of drug-likeness (QED) is 0.821. The van der Waals surface area contributed by atoms with Crippen LogP contribution in [0.1, 0.15) is 36.8 Å². The molecule has 2 heterocycles. The van der Waals surface area contributed by atoms with E-state index in [1.54, 1.807) is 14.2 Å². The minimum Gasteiger partial charge on any atom is -0.493 e. The van der Waals surface area contributed by atoms with E-state index in [9.17, 15) is 5.11 Å². The van der Waals surface area contributed by atoms with Gasteiger partial charge in [0.15, 0.2) is 18.0 Å². The molecule has 1 N–H and O–H groups in total. The van der Waals surface area contributed by atoms with E-state index in [1.807, 2.05) is 18.2 Å². The van der Waals surface area contributed by atoms with Gasteiger partial charge in [-0.25, -0.2) is 9.48 Å². The van der Waals surface area contributed by atoms with Gasteiger partial charge >= 0.3 is 0 Å². The SMILES string of the molecule is COc1ccc(C2(O)CN(c3cccc(C)c3)C3=[N+]2CCCCC3)cc1OC. The van der Waals surface area contributed by atoms with Gasteiger partial charge in [-0.3, -0.25) is 0 Å². The van der Waals surface area contributed by atoms with Crippen LogP contribution in [0.25, 0.3) is 0 Å². The summed E-state index contributed by atoms with van der Waals surface area (Å²) in [5, 5.41) is 11.9. The van der Waals surface area contributed by atoms with Gasteiger partial charge in [0.1, 0.15) is 5.69 Å². The van der Waals surface area contributed by atoms with Crippen molar-refractivity contribution in [1.82, 2.24) is 0 Å². The van der Waals surface area contributed by atoms with Crippen molar-refractivity contribution < 1.29 is 19.2 Å². The fraction of sp³-hybridized carbons (Fsp3) is 0.435. The van der Waals surface area contributed by atoms with E-state index in [0.717, 1.165) is 37.1 Å². The van der Waals surface area contributed by atoms with Crippen LogP contribution in [0.2, 0.25) is 0 Å². The standard InChI is InChI=1S/C23H29N2O3/c1-17-8-7-9-19(14-17)24-16-23(26,25-13-6-4-5-10-22(24)25)18-11-12-20(27-2)21(15-18)28-3/h7-9,11-12,14-15,26H,4-6,10,13,16H2,1-3H3/q+1. The second-order valence-corrected chi connectivity index (χ2v) is 7.69. The number of ether oxygens (including phenoxy) is 2. The third-order valence-electron chi connectivity index (χ3n) is 5.89. The highest BCUT2D eigenvalue weighted by molar-refractivity contribution is 5.96. The molecule has 2 aromatic rings. The summed E-state index contributed by atoms with van der Waals surface area (Å²) in [6, 6.07) is 14.2. The molecule has 0 radical (unpaired) electrons. The Morgan fingerprint density at radius 2 is 1.82 bits per heavy atom. The Hall–Kier alpha value is -2.53. The Balaban J connectivity index is 1.81. The molecule has 2 aliphatic heterocycles. The zero-order chi connectivity index (χ0) is 19.7. The molecular formula is C23H29N2O3+. The van der Waals surface area contributed by atoms with Crippen LogP contribution in [0.15, 0.2) is 42.5 Å². The van der Waals surface area contributed by atoms with Crippen LogP contribution in [0, 0.1) is 6.92 Å². The lowest BCUT2D eigenvalue weighted by Gasteiger charge is -2.24. The average molecular weight is 381 g/mol. The Kier molecular flexibility index (Phi) is 5.02. The molecule has 5 nitrogen and oxygen atoms in total. The lowest BCUT2D eigenvalue weighted by Crippen LogP contribution is -2.41. The Bertz CT molecular complexity index is 908. The number of β-amino-alcohol motifs (C(OH)–C–C–N with tert-alkyl or cyclic N) is 1. The van der Waals surface area contributed by atoms with E-state index in [0.29, 0.717) is 18.0 Å². The number of amidine groups is 1. The summed E-state index contributed by atoms with van der Waals surface area (Å²) in [4.78, 5) is 2.29. The maximum atomic E-state index is 11.9. The highest BCUT2D eigenvalue weighted by atomic mass is 16.5.